The van der Waals surface area contributed by atoms with Crippen molar-refractivity contribution in [2.24, 2.45) is 0 Å². The fourth-order valence-electron chi connectivity index (χ4n) is 2.93. The van der Waals surface area contributed by atoms with Gasteiger partial charge in [-0.05, 0) is 38.0 Å². The molecule has 24 heavy (non-hydrogen) atoms. The van der Waals surface area contributed by atoms with Crippen LogP contribution in [0.2, 0.25) is 0 Å². The molecule has 1 atom stereocenters. The molecule has 0 bridgehead atoms. The van der Waals surface area contributed by atoms with Crippen molar-refractivity contribution in [1.29, 1.82) is 5.26 Å². The standard InChI is InChI=1S/C16H16F3N5/c1-11-4-5-12(9-20)15(21-11)23-7-2-3-13(10-23)24-8-6-14(22-24)16(17,18)19/h4-6,8,13H,2-3,7,10H2,1H3. The van der Waals surface area contributed by atoms with Crippen molar-refractivity contribution in [2.45, 2.75) is 32.0 Å². The molecule has 0 radical (unpaired) electrons. The topological polar surface area (TPSA) is 57.7 Å². The number of hydrogen-bond acceptors (Lipinski definition) is 4. The number of alkyl halides is 3. The van der Waals surface area contributed by atoms with Gasteiger partial charge in [-0.25, -0.2) is 4.98 Å². The van der Waals surface area contributed by atoms with Gasteiger partial charge in [-0.1, -0.05) is 0 Å². The van der Waals surface area contributed by atoms with Crippen LogP contribution in [0.5, 0.6) is 0 Å². The molecule has 5 nitrogen and oxygen atoms in total. The predicted octanol–water partition coefficient (Wildman–Crippen LogP) is 3.32. The molecule has 0 amide bonds. The van der Waals surface area contributed by atoms with E-state index < -0.39 is 11.9 Å². The lowest BCUT2D eigenvalue weighted by atomic mass is 10.1. The first kappa shape index (κ1) is 16.3. The van der Waals surface area contributed by atoms with Gasteiger partial charge in [0, 0.05) is 25.0 Å². The largest absolute Gasteiger partial charge is 0.435 e. The van der Waals surface area contributed by atoms with E-state index >= 15 is 0 Å². The number of pyridine rings is 1. The minimum absolute atomic E-state index is 0.177. The highest BCUT2D eigenvalue weighted by Crippen LogP contribution is 2.30. The van der Waals surface area contributed by atoms with Crippen LogP contribution in [0, 0.1) is 18.3 Å². The Balaban J connectivity index is 1.84. The number of anilines is 1. The molecule has 2 aromatic rings. The Morgan fingerprint density at radius 2 is 2.08 bits per heavy atom. The number of piperidine rings is 1. The zero-order valence-electron chi connectivity index (χ0n) is 13.1. The molecule has 1 saturated heterocycles. The third-order valence-corrected chi connectivity index (χ3v) is 4.10. The fourth-order valence-corrected chi connectivity index (χ4v) is 2.93. The third-order valence-electron chi connectivity index (χ3n) is 4.10. The highest BCUT2D eigenvalue weighted by molar-refractivity contribution is 5.54. The maximum Gasteiger partial charge on any atom is 0.435 e. The van der Waals surface area contributed by atoms with E-state index in [1.54, 1.807) is 12.1 Å². The van der Waals surface area contributed by atoms with Gasteiger partial charge in [0.25, 0.3) is 0 Å². The minimum Gasteiger partial charge on any atom is -0.353 e. The molecular formula is C16H16F3N5. The Morgan fingerprint density at radius 3 is 2.75 bits per heavy atom. The van der Waals surface area contributed by atoms with Crippen molar-refractivity contribution in [3.05, 3.63) is 41.3 Å². The molecule has 1 fully saturated rings. The first-order chi connectivity index (χ1) is 11.4. The van der Waals surface area contributed by atoms with E-state index in [1.165, 1.54) is 10.9 Å². The van der Waals surface area contributed by atoms with Crippen LogP contribution in [-0.2, 0) is 6.18 Å². The van der Waals surface area contributed by atoms with Crippen molar-refractivity contribution in [3.63, 3.8) is 0 Å². The maximum atomic E-state index is 12.7. The molecule has 0 saturated carbocycles. The molecule has 3 rings (SSSR count). The fraction of sp³-hybridized carbons (Fsp3) is 0.438. The summed E-state index contributed by atoms with van der Waals surface area (Å²) in [5.41, 5.74) is 0.383. The van der Waals surface area contributed by atoms with Crippen molar-refractivity contribution in [2.75, 3.05) is 18.0 Å². The summed E-state index contributed by atoms with van der Waals surface area (Å²) in [7, 11) is 0. The number of nitriles is 1. The molecule has 3 heterocycles. The van der Waals surface area contributed by atoms with Crippen LogP contribution in [-0.4, -0.2) is 27.9 Å². The zero-order valence-corrected chi connectivity index (χ0v) is 13.1. The zero-order chi connectivity index (χ0) is 17.3. The maximum absolute atomic E-state index is 12.7. The molecule has 1 aliphatic heterocycles. The van der Waals surface area contributed by atoms with Gasteiger partial charge in [-0.15, -0.1) is 0 Å². The lowest BCUT2D eigenvalue weighted by Crippen LogP contribution is -2.38. The Hall–Kier alpha value is -2.56. The first-order valence-electron chi connectivity index (χ1n) is 7.63. The second-order valence-electron chi connectivity index (χ2n) is 5.86. The summed E-state index contributed by atoms with van der Waals surface area (Å²) in [6.07, 6.45) is -1.53. The van der Waals surface area contributed by atoms with Crippen LogP contribution in [0.3, 0.4) is 0 Å². The lowest BCUT2D eigenvalue weighted by Gasteiger charge is -2.34. The summed E-state index contributed by atoms with van der Waals surface area (Å²) in [4.78, 5) is 6.39. The molecule has 1 aliphatic rings. The molecule has 126 valence electrons. The number of halogens is 3. The second-order valence-corrected chi connectivity index (χ2v) is 5.86. The second kappa shape index (κ2) is 6.15. The highest BCUT2D eigenvalue weighted by Gasteiger charge is 2.34. The van der Waals surface area contributed by atoms with Crippen LogP contribution < -0.4 is 4.90 Å². The van der Waals surface area contributed by atoms with Gasteiger partial charge in [0.15, 0.2) is 5.69 Å². The van der Waals surface area contributed by atoms with Gasteiger partial charge < -0.3 is 4.90 Å². The van der Waals surface area contributed by atoms with Gasteiger partial charge in [0.2, 0.25) is 0 Å². The Bertz CT molecular complexity index is 775. The number of rotatable bonds is 2. The third kappa shape index (κ3) is 3.20. The molecule has 0 spiro atoms. The van der Waals surface area contributed by atoms with Crippen molar-refractivity contribution in [1.82, 2.24) is 14.8 Å². The van der Waals surface area contributed by atoms with E-state index in [4.69, 9.17) is 0 Å². The van der Waals surface area contributed by atoms with E-state index in [-0.39, 0.29) is 6.04 Å². The van der Waals surface area contributed by atoms with Crippen molar-refractivity contribution < 1.29 is 13.2 Å². The number of aryl methyl sites for hydroxylation is 1. The summed E-state index contributed by atoms with van der Waals surface area (Å²) in [6.45, 7) is 3.04. The predicted molar refractivity (Wildman–Crippen MR) is 81.4 cm³/mol. The van der Waals surface area contributed by atoms with Gasteiger partial charge >= 0.3 is 6.18 Å². The van der Waals surface area contributed by atoms with Gasteiger partial charge in [0.05, 0.1) is 11.6 Å². The Morgan fingerprint density at radius 1 is 1.29 bits per heavy atom. The van der Waals surface area contributed by atoms with Gasteiger partial charge in [-0.2, -0.15) is 23.5 Å². The summed E-state index contributed by atoms with van der Waals surface area (Å²) in [5, 5.41) is 12.9. The molecule has 0 aliphatic carbocycles. The van der Waals surface area contributed by atoms with E-state index in [9.17, 15) is 18.4 Å². The summed E-state index contributed by atoms with van der Waals surface area (Å²) in [5.74, 6) is 0.588. The van der Waals surface area contributed by atoms with E-state index in [1.807, 2.05) is 11.8 Å². The summed E-state index contributed by atoms with van der Waals surface area (Å²) >= 11 is 0. The number of hydrogen-bond donors (Lipinski definition) is 0. The smallest absolute Gasteiger partial charge is 0.353 e. The average molecular weight is 335 g/mol. The van der Waals surface area contributed by atoms with Crippen LogP contribution >= 0.6 is 0 Å². The average Bonchev–Trinajstić information content (AvgIpc) is 3.05. The Labute approximate surface area is 137 Å². The molecule has 0 N–H and O–H groups in total. The first-order valence-corrected chi connectivity index (χ1v) is 7.63. The monoisotopic (exact) mass is 335 g/mol. The molecule has 1 unspecified atom stereocenters. The summed E-state index contributed by atoms with van der Waals surface area (Å²) in [6, 6.07) is 6.43. The van der Waals surface area contributed by atoms with Crippen molar-refractivity contribution >= 4 is 5.82 Å². The summed E-state index contributed by atoms with van der Waals surface area (Å²) < 4.78 is 39.5. The minimum atomic E-state index is -4.44. The normalized spacial score (nSPS) is 18.5. The van der Waals surface area contributed by atoms with Crippen LogP contribution in [0.1, 0.15) is 35.8 Å². The SMILES string of the molecule is Cc1ccc(C#N)c(N2CCCC(n3ccc(C(F)(F)F)n3)C2)n1. The van der Waals surface area contributed by atoms with Gasteiger partial charge in [0.1, 0.15) is 11.9 Å². The highest BCUT2D eigenvalue weighted by atomic mass is 19.4. The van der Waals surface area contributed by atoms with Crippen LogP contribution in [0.15, 0.2) is 24.4 Å². The van der Waals surface area contributed by atoms with Crippen LogP contribution in [0.25, 0.3) is 0 Å². The van der Waals surface area contributed by atoms with Gasteiger partial charge in [-0.3, -0.25) is 4.68 Å². The Kier molecular flexibility index (Phi) is 4.18. The van der Waals surface area contributed by atoms with E-state index in [0.29, 0.717) is 17.9 Å². The quantitative estimate of drug-likeness (QED) is 0.845. The molecular weight excluding hydrogens is 319 g/mol. The van der Waals surface area contributed by atoms with E-state index in [0.717, 1.165) is 31.1 Å². The number of aromatic nitrogens is 3. The molecule has 0 aromatic carbocycles. The van der Waals surface area contributed by atoms with Crippen molar-refractivity contribution in [3.8, 4) is 6.07 Å². The number of nitrogens with zero attached hydrogens (tertiary/aromatic N) is 5. The lowest BCUT2D eigenvalue weighted by molar-refractivity contribution is -0.141. The molecule has 2 aromatic heterocycles. The molecule has 8 heteroatoms. The van der Waals surface area contributed by atoms with E-state index in [2.05, 4.69) is 16.2 Å². The van der Waals surface area contributed by atoms with Crippen LogP contribution in [0.4, 0.5) is 19.0 Å².